The first-order valence-corrected chi connectivity index (χ1v) is 10.1. The number of benzene rings is 2. The van der Waals surface area contributed by atoms with Gasteiger partial charge in [-0.1, -0.05) is 55.5 Å². The molecule has 0 bridgehead atoms. The Kier molecular flexibility index (Phi) is 4.77. The number of hydrogen-bond donors (Lipinski definition) is 1. The fourth-order valence-corrected chi connectivity index (χ4v) is 3.78. The molecule has 3 heterocycles. The number of tetrazole rings is 1. The number of pyridine rings is 1. The predicted octanol–water partition coefficient (Wildman–Crippen LogP) is 4.28. The fourth-order valence-electron chi connectivity index (χ4n) is 3.78. The molecule has 0 saturated heterocycles. The van der Waals surface area contributed by atoms with Crippen LogP contribution in [0.25, 0.3) is 33.7 Å². The van der Waals surface area contributed by atoms with E-state index in [0.29, 0.717) is 5.82 Å². The van der Waals surface area contributed by atoms with Crippen molar-refractivity contribution in [2.45, 2.75) is 26.3 Å². The Morgan fingerprint density at radius 3 is 2.53 bits per heavy atom. The molecule has 0 amide bonds. The summed E-state index contributed by atoms with van der Waals surface area (Å²) in [6, 6.07) is 20.8. The van der Waals surface area contributed by atoms with E-state index in [1.54, 1.807) is 6.20 Å². The van der Waals surface area contributed by atoms with Crippen molar-refractivity contribution < 1.29 is 0 Å². The monoisotopic (exact) mass is 395 g/mol. The summed E-state index contributed by atoms with van der Waals surface area (Å²) in [6.07, 6.45) is 3.79. The van der Waals surface area contributed by atoms with E-state index in [9.17, 15) is 0 Å². The van der Waals surface area contributed by atoms with E-state index < -0.39 is 0 Å². The second-order valence-electron chi connectivity index (χ2n) is 7.20. The summed E-state index contributed by atoms with van der Waals surface area (Å²) >= 11 is 0. The lowest BCUT2D eigenvalue weighted by Gasteiger charge is -2.11. The van der Waals surface area contributed by atoms with Crippen LogP contribution in [0.1, 0.15) is 24.7 Å². The molecule has 2 aromatic carbocycles. The van der Waals surface area contributed by atoms with E-state index in [2.05, 4.69) is 73.5 Å². The van der Waals surface area contributed by atoms with Gasteiger partial charge in [-0.15, -0.1) is 5.10 Å². The molecule has 5 rings (SSSR count). The Bertz CT molecular complexity index is 1270. The molecule has 5 aromatic rings. The molecule has 0 aliphatic rings. The third kappa shape index (κ3) is 3.34. The smallest absolute Gasteiger partial charge is 0.180 e. The van der Waals surface area contributed by atoms with Gasteiger partial charge in [0.1, 0.15) is 5.82 Å². The number of H-pyrrole nitrogens is 1. The van der Waals surface area contributed by atoms with E-state index in [-0.39, 0.29) is 0 Å². The van der Waals surface area contributed by atoms with Gasteiger partial charge in [0.2, 0.25) is 0 Å². The van der Waals surface area contributed by atoms with Crippen molar-refractivity contribution in [2.75, 3.05) is 0 Å². The average molecular weight is 395 g/mol. The lowest BCUT2D eigenvalue weighted by molar-refractivity contribution is 0.722. The fraction of sp³-hybridized carbons (Fsp3) is 0.174. The SMILES string of the molecule is CCCc1nc2ncccc2n1Cc1ccc(-c2ccccc2-c2nnn[nH]2)cc1. The lowest BCUT2D eigenvalue weighted by atomic mass is 9.98. The van der Waals surface area contributed by atoms with Crippen LogP contribution in [0.4, 0.5) is 0 Å². The first kappa shape index (κ1) is 18.2. The maximum atomic E-state index is 4.73. The molecule has 7 nitrogen and oxygen atoms in total. The molecule has 0 saturated carbocycles. The zero-order valence-corrected chi connectivity index (χ0v) is 16.7. The van der Waals surface area contributed by atoms with Gasteiger partial charge in [-0.05, 0) is 45.7 Å². The molecule has 0 spiro atoms. The number of aromatic nitrogens is 7. The number of fused-ring (bicyclic) bond motifs is 1. The van der Waals surface area contributed by atoms with Gasteiger partial charge >= 0.3 is 0 Å². The van der Waals surface area contributed by atoms with Crippen molar-refractivity contribution in [1.82, 2.24) is 35.2 Å². The first-order valence-electron chi connectivity index (χ1n) is 10.1. The van der Waals surface area contributed by atoms with Gasteiger partial charge in [0.05, 0.1) is 5.52 Å². The summed E-state index contributed by atoms with van der Waals surface area (Å²) in [4.78, 5) is 9.16. The molecule has 0 fully saturated rings. The van der Waals surface area contributed by atoms with Gasteiger partial charge in [0, 0.05) is 24.7 Å². The van der Waals surface area contributed by atoms with Crippen LogP contribution >= 0.6 is 0 Å². The molecule has 3 aromatic heterocycles. The van der Waals surface area contributed by atoms with Crippen LogP contribution in [0, 0.1) is 0 Å². The predicted molar refractivity (Wildman–Crippen MR) is 116 cm³/mol. The van der Waals surface area contributed by atoms with Crippen LogP contribution in [0.3, 0.4) is 0 Å². The summed E-state index contributed by atoms with van der Waals surface area (Å²) < 4.78 is 2.27. The maximum absolute atomic E-state index is 4.73. The summed E-state index contributed by atoms with van der Waals surface area (Å²) in [5.41, 5.74) is 6.30. The van der Waals surface area contributed by atoms with Crippen LogP contribution < -0.4 is 0 Å². The number of rotatable bonds is 6. The molecule has 1 N–H and O–H groups in total. The topological polar surface area (TPSA) is 85.2 Å². The Morgan fingerprint density at radius 1 is 0.933 bits per heavy atom. The van der Waals surface area contributed by atoms with Crippen LogP contribution in [-0.4, -0.2) is 35.2 Å². The molecule has 148 valence electrons. The highest BCUT2D eigenvalue weighted by Gasteiger charge is 2.12. The minimum atomic E-state index is 0.663. The van der Waals surface area contributed by atoms with Crippen LogP contribution in [0.15, 0.2) is 66.9 Å². The highest BCUT2D eigenvalue weighted by atomic mass is 15.5. The second-order valence-corrected chi connectivity index (χ2v) is 7.20. The van der Waals surface area contributed by atoms with Crippen molar-refractivity contribution in [3.63, 3.8) is 0 Å². The number of hydrogen-bond acceptors (Lipinski definition) is 5. The van der Waals surface area contributed by atoms with Crippen molar-refractivity contribution in [2.24, 2.45) is 0 Å². The molecule has 0 aliphatic heterocycles. The Balaban J connectivity index is 1.48. The molecule has 0 atom stereocenters. The van der Waals surface area contributed by atoms with Gasteiger partial charge in [0.15, 0.2) is 11.5 Å². The van der Waals surface area contributed by atoms with E-state index in [4.69, 9.17) is 4.98 Å². The highest BCUT2D eigenvalue weighted by molar-refractivity contribution is 5.80. The van der Waals surface area contributed by atoms with Crippen LogP contribution in [0.5, 0.6) is 0 Å². The number of aryl methyl sites for hydroxylation is 1. The Labute approximate surface area is 173 Å². The second kappa shape index (κ2) is 7.87. The third-order valence-electron chi connectivity index (χ3n) is 5.21. The number of nitrogens with zero attached hydrogens (tertiary/aromatic N) is 6. The lowest BCUT2D eigenvalue weighted by Crippen LogP contribution is -2.05. The zero-order valence-electron chi connectivity index (χ0n) is 16.7. The molecule has 0 aliphatic carbocycles. The van der Waals surface area contributed by atoms with Gasteiger partial charge in [-0.3, -0.25) is 0 Å². The molecule has 0 unspecified atom stereocenters. The van der Waals surface area contributed by atoms with Gasteiger partial charge in [-0.2, -0.15) is 0 Å². The molecule has 0 radical (unpaired) electrons. The minimum absolute atomic E-state index is 0.663. The number of imidazole rings is 1. The van der Waals surface area contributed by atoms with Crippen LogP contribution in [-0.2, 0) is 13.0 Å². The van der Waals surface area contributed by atoms with Crippen molar-refractivity contribution in [3.05, 3.63) is 78.2 Å². The largest absolute Gasteiger partial charge is 0.322 e. The Hall–Kier alpha value is -3.87. The number of aromatic amines is 1. The zero-order chi connectivity index (χ0) is 20.3. The van der Waals surface area contributed by atoms with Gasteiger partial charge in [-0.25, -0.2) is 15.1 Å². The van der Waals surface area contributed by atoms with Gasteiger partial charge in [0.25, 0.3) is 0 Å². The van der Waals surface area contributed by atoms with Crippen molar-refractivity contribution >= 4 is 11.2 Å². The first-order chi connectivity index (χ1) is 14.8. The van der Waals surface area contributed by atoms with E-state index >= 15 is 0 Å². The van der Waals surface area contributed by atoms with Crippen molar-refractivity contribution in [1.29, 1.82) is 0 Å². The summed E-state index contributed by atoms with van der Waals surface area (Å²) in [5, 5.41) is 14.3. The maximum Gasteiger partial charge on any atom is 0.180 e. The molecular formula is C23H21N7. The summed E-state index contributed by atoms with van der Waals surface area (Å²) in [6.45, 7) is 2.94. The summed E-state index contributed by atoms with van der Waals surface area (Å²) in [7, 11) is 0. The van der Waals surface area contributed by atoms with Gasteiger partial charge < -0.3 is 4.57 Å². The van der Waals surface area contributed by atoms with E-state index in [1.807, 2.05) is 24.3 Å². The van der Waals surface area contributed by atoms with Crippen molar-refractivity contribution in [3.8, 4) is 22.5 Å². The number of nitrogens with one attached hydrogen (secondary N) is 1. The molecule has 30 heavy (non-hydrogen) atoms. The van der Waals surface area contributed by atoms with Crippen LogP contribution in [0.2, 0.25) is 0 Å². The quantitative estimate of drug-likeness (QED) is 0.464. The van der Waals surface area contributed by atoms with E-state index in [0.717, 1.165) is 53.1 Å². The normalized spacial score (nSPS) is 11.2. The molecular weight excluding hydrogens is 374 g/mol. The minimum Gasteiger partial charge on any atom is -0.322 e. The molecule has 7 heteroatoms. The summed E-state index contributed by atoms with van der Waals surface area (Å²) in [5.74, 6) is 1.75. The average Bonchev–Trinajstić information content (AvgIpc) is 3.44. The Morgan fingerprint density at radius 2 is 1.77 bits per heavy atom. The highest BCUT2D eigenvalue weighted by Crippen LogP contribution is 2.30. The third-order valence-corrected chi connectivity index (χ3v) is 5.21. The van der Waals surface area contributed by atoms with E-state index in [1.165, 1.54) is 5.56 Å². The standard InChI is InChI=1S/C23H21N7/c1-2-6-21-25-23-20(9-5-14-24-23)30(21)15-16-10-12-17(13-11-16)18-7-3-4-8-19(18)22-26-28-29-27-22/h3-5,7-14H,2,6,15H2,1H3,(H,26,27,28,29).